The molecular weight excluding hydrogens is 254 g/mol. The maximum Gasteiger partial charge on any atom is 0.135 e. The Morgan fingerprint density at radius 3 is 2.60 bits per heavy atom. The van der Waals surface area contributed by atoms with Gasteiger partial charge in [-0.2, -0.15) is 0 Å². The van der Waals surface area contributed by atoms with Gasteiger partial charge in [0.2, 0.25) is 0 Å². The minimum atomic E-state index is 0.0699. The number of halogens is 1. The normalized spacial score (nSPS) is 17.6. The second-order valence-electron chi connectivity index (χ2n) is 4.47. The van der Waals surface area contributed by atoms with Crippen LogP contribution in [0.1, 0.15) is 24.0 Å². The number of methoxy groups -OCH3 is 1. The summed E-state index contributed by atoms with van der Waals surface area (Å²) < 4.78 is 6.32. The molecule has 0 aliphatic heterocycles. The molecule has 0 aromatic heterocycles. The first-order valence-electron chi connectivity index (χ1n) is 5.16. The highest BCUT2D eigenvalue weighted by Crippen LogP contribution is 2.38. The molecule has 0 radical (unpaired) electrons. The maximum atomic E-state index is 6.10. The van der Waals surface area contributed by atoms with Gasteiger partial charge in [-0.25, -0.2) is 0 Å². The first-order valence-corrected chi connectivity index (χ1v) is 5.95. The Morgan fingerprint density at radius 1 is 1.47 bits per heavy atom. The average Bonchev–Trinajstić information content (AvgIpc) is 2.82. The van der Waals surface area contributed by atoms with Gasteiger partial charge in [0, 0.05) is 5.54 Å². The molecule has 0 saturated heterocycles. The van der Waals surface area contributed by atoms with Gasteiger partial charge in [0.05, 0.1) is 11.6 Å². The zero-order valence-corrected chi connectivity index (χ0v) is 10.7. The van der Waals surface area contributed by atoms with Crippen LogP contribution in [0.3, 0.4) is 0 Å². The first-order chi connectivity index (χ1) is 7.04. The summed E-state index contributed by atoms with van der Waals surface area (Å²) in [6, 6.07) is 4.27. The highest BCUT2D eigenvalue weighted by Gasteiger charge is 2.38. The zero-order chi connectivity index (χ0) is 11.1. The van der Waals surface area contributed by atoms with E-state index in [9.17, 15) is 0 Å². The molecule has 0 unspecified atom stereocenters. The van der Waals surface area contributed by atoms with Crippen molar-refractivity contribution < 1.29 is 4.74 Å². The van der Waals surface area contributed by atoms with Crippen molar-refractivity contribution in [3.63, 3.8) is 0 Å². The molecule has 0 spiro atoms. The zero-order valence-electron chi connectivity index (χ0n) is 9.14. The lowest BCUT2D eigenvalue weighted by Gasteiger charge is -2.13. The number of rotatable bonds is 3. The average molecular weight is 270 g/mol. The first kappa shape index (κ1) is 11.0. The monoisotopic (exact) mass is 269 g/mol. The second kappa shape index (κ2) is 3.80. The molecule has 0 atom stereocenters. The predicted octanol–water partition coefficient (Wildman–Crippen LogP) is 2.80. The second-order valence-corrected chi connectivity index (χ2v) is 5.32. The molecule has 1 aromatic carbocycles. The van der Waals surface area contributed by atoms with Gasteiger partial charge >= 0.3 is 0 Å². The SMILES string of the molecule is COc1c(C)cc(CC2(N)CC2)cc1Br. The van der Waals surface area contributed by atoms with Crippen LogP contribution in [0.2, 0.25) is 0 Å². The Kier molecular flexibility index (Phi) is 2.77. The molecule has 1 aromatic rings. The Labute approximate surface area is 98.9 Å². The molecule has 1 fully saturated rings. The van der Waals surface area contributed by atoms with Crippen molar-refractivity contribution in [2.75, 3.05) is 7.11 Å². The molecule has 82 valence electrons. The summed E-state index contributed by atoms with van der Waals surface area (Å²) in [5.41, 5.74) is 8.62. The minimum absolute atomic E-state index is 0.0699. The molecule has 2 rings (SSSR count). The van der Waals surface area contributed by atoms with Crippen molar-refractivity contribution >= 4 is 15.9 Å². The van der Waals surface area contributed by atoms with Crippen LogP contribution in [0, 0.1) is 6.92 Å². The van der Waals surface area contributed by atoms with E-state index in [1.54, 1.807) is 7.11 Å². The topological polar surface area (TPSA) is 35.2 Å². The van der Waals surface area contributed by atoms with Crippen molar-refractivity contribution in [2.24, 2.45) is 5.73 Å². The number of benzene rings is 1. The third kappa shape index (κ3) is 2.34. The minimum Gasteiger partial charge on any atom is -0.495 e. The maximum absolute atomic E-state index is 6.10. The van der Waals surface area contributed by atoms with Gasteiger partial charge in [0.25, 0.3) is 0 Å². The van der Waals surface area contributed by atoms with E-state index in [4.69, 9.17) is 10.5 Å². The molecule has 2 nitrogen and oxygen atoms in total. The lowest BCUT2D eigenvalue weighted by Crippen LogP contribution is -2.24. The Hall–Kier alpha value is -0.540. The van der Waals surface area contributed by atoms with Gasteiger partial charge in [-0.15, -0.1) is 0 Å². The van der Waals surface area contributed by atoms with Crippen LogP contribution >= 0.6 is 15.9 Å². The van der Waals surface area contributed by atoms with E-state index in [1.165, 1.54) is 5.56 Å². The van der Waals surface area contributed by atoms with Crippen LogP contribution < -0.4 is 10.5 Å². The van der Waals surface area contributed by atoms with Gasteiger partial charge < -0.3 is 10.5 Å². The largest absolute Gasteiger partial charge is 0.495 e. The summed E-state index contributed by atoms with van der Waals surface area (Å²) >= 11 is 3.52. The van der Waals surface area contributed by atoms with Crippen LogP contribution in [0.4, 0.5) is 0 Å². The summed E-state index contributed by atoms with van der Waals surface area (Å²) in [4.78, 5) is 0. The van der Waals surface area contributed by atoms with Crippen molar-refractivity contribution in [3.05, 3.63) is 27.7 Å². The molecule has 15 heavy (non-hydrogen) atoms. The van der Waals surface area contributed by atoms with Crippen LogP contribution in [-0.2, 0) is 6.42 Å². The fourth-order valence-electron chi connectivity index (χ4n) is 1.91. The molecule has 1 saturated carbocycles. The fraction of sp³-hybridized carbons (Fsp3) is 0.500. The third-order valence-electron chi connectivity index (χ3n) is 2.94. The molecule has 1 aliphatic carbocycles. The van der Waals surface area contributed by atoms with Crippen LogP contribution in [-0.4, -0.2) is 12.6 Å². The molecule has 2 N–H and O–H groups in total. The van der Waals surface area contributed by atoms with Gasteiger partial charge in [-0.1, -0.05) is 6.07 Å². The summed E-state index contributed by atoms with van der Waals surface area (Å²) in [6.45, 7) is 2.06. The molecule has 0 amide bonds. The highest BCUT2D eigenvalue weighted by atomic mass is 79.9. The van der Waals surface area contributed by atoms with Crippen molar-refractivity contribution in [2.45, 2.75) is 31.7 Å². The number of ether oxygens (including phenoxy) is 1. The number of hydrogen-bond acceptors (Lipinski definition) is 2. The van der Waals surface area contributed by atoms with Crippen molar-refractivity contribution in [1.29, 1.82) is 0 Å². The quantitative estimate of drug-likeness (QED) is 0.916. The third-order valence-corrected chi connectivity index (χ3v) is 3.53. The number of hydrogen-bond donors (Lipinski definition) is 1. The summed E-state index contributed by atoms with van der Waals surface area (Å²) in [5.74, 6) is 0.917. The summed E-state index contributed by atoms with van der Waals surface area (Å²) in [7, 11) is 1.69. The van der Waals surface area contributed by atoms with Crippen LogP contribution in [0.15, 0.2) is 16.6 Å². The molecular formula is C12H16BrNO. The van der Waals surface area contributed by atoms with E-state index < -0.39 is 0 Å². The van der Waals surface area contributed by atoms with Gasteiger partial charge in [0.15, 0.2) is 0 Å². The van der Waals surface area contributed by atoms with E-state index >= 15 is 0 Å². The fourth-order valence-corrected chi connectivity index (χ4v) is 2.68. The molecule has 3 heteroatoms. The van der Waals surface area contributed by atoms with Crippen molar-refractivity contribution in [3.8, 4) is 5.75 Å². The van der Waals surface area contributed by atoms with E-state index in [0.29, 0.717) is 0 Å². The smallest absolute Gasteiger partial charge is 0.135 e. The van der Waals surface area contributed by atoms with E-state index in [-0.39, 0.29) is 5.54 Å². The van der Waals surface area contributed by atoms with Crippen LogP contribution in [0.25, 0.3) is 0 Å². The standard InChI is InChI=1S/C12H16BrNO/c1-8-5-9(7-12(14)3-4-12)6-10(13)11(8)15-2/h5-6H,3-4,7,14H2,1-2H3. The lowest BCUT2D eigenvalue weighted by atomic mass is 10.0. The highest BCUT2D eigenvalue weighted by molar-refractivity contribution is 9.10. The van der Waals surface area contributed by atoms with Gasteiger partial charge in [0.1, 0.15) is 5.75 Å². The predicted molar refractivity (Wildman–Crippen MR) is 65.3 cm³/mol. The number of aryl methyl sites for hydroxylation is 1. The van der Waals surface area contributed by atoms with E-state index in [2.05, 4.69) is 35.0 Å². The Balaban J connectivity index is 2.26. The molecule has 0 bridgehead atoms. The summed E-state index contributed by atoms with van der Waals surface area (Å²) in [6.07, 6.45) is 3.27. The number of nitrogens with two attached hydrogens (primary N) is 1. The Morgan fingerprint density at radius 2 is 2.13 bits per heavy atom. The van der Waals surface area contributed by atoms with E-state index in [0.717, 1.165) is 35.0 Å². The van der Waals surface area contributed by atoms with Crippen LogP contribution in [0.5, 0.6) is 5.75 Å². The molecule has 0 heterocycles. The van der Waals surface area contributed by atoms with Gasteiger partial charge in [-0.05, 0) is 59.3 Å². The van der Waals surface area contributed by atoms with E-state index in [1.807, 2.05) is 0 Å². The van der Waals surface area contributed by atoms with Crippen molar-refractivity contribution in [1.82, 2.24) is 0 Å². The summed E-state index contributed by atoms with van der Waals surface area (Å²) in [5, 5.41) is 0. The van der Waals surface area contributed by atoms with Gasteiger partial charge in [-0.3, -0.25) is 0 Å². The lowest BCUT2D eigenvalue weighted by molar-refractivity contribution is 0.408. The molecule has 1 aliphatic rings. The Bertz CT molecular complexity index is 362.